The average molecular weight is 257 g/mol. The number of carbonyl (C=O) groups excluding carboxylic acids is 1. The molecule has 1 rings (SSSR count). The number of nitrogens with one attached hydrogen (secondary N) is 2. The molecular weight excluding hydrogens is 236 g/mol. The van der Waals surface area contributed by atoms with Crippen LogP contribution in [0.15, 0.2) is 24.3 Å². The molecule has 0 bridgehead atoms. The van der Waals surface area contributed by atoms with E-state index in [4.69, 9.17) is 0 Å². The van der Waals surface area contributed by atoms with Gasteiger partial charge in [0.15, 0.2) is 0 Å². The van der Waals surface area contributed by atoms with Gasteiger partial charge in [0, 0.05) is 19.5 Å². The van der Waals surface area contributed by atoms with Gasteiger partial charge in [0.2, 0.25) is 5.91 Å². The van der Waals surface area contributed by atoms with Crippen LogP contribution in [-0.2, 0) is 11.2 Å². The van der Waals surface area contributed by atoms with Crippen LogP contribution in [0.1, 0.15) is 17.5 Å². The van der Waals surface area contributed by atoms with Crippen LogP contribution in [0.4, 0.5) is 0 Å². The van der Waals surface area contributed by atoms with Crippen molar-refractivity contribution in [1.29, 1.82) is 0 Å². The fourth-order valence-electron chi connectivity index (χ4n) is 1.55. The number of hydrogen-bond donors (Lipinski definition) is 2. The first-order chi connectivity index (χ1) is 7.74. The summed E-state index contributed by atoms with van der Waals surface area (Å²) in [5.74, 6) is 0.114. The molecule has 0 radical (unpaired) electrons. The van der Waals surface area contributed by atoms with Gasteiger partial charge in [0.1, 0.15) is 0 Å². The smallest absolute Gasteiger partial charge is 0.221 e. The van der Waals surface area contributed by atoms with Crippen LogP contribution in [-0.4, -0.2) is 26.0 Å². The summed E-state index contributed by atoms with van der Waals surface area (Å²) in [7, 11) is 1.85. The number of hydrogen-bond acceptors (Lipinski definition) is 2. The first kappa shape index (κ1) is 15.9. The maximum Gasteiger partial charge on any atom is 0.221 e. The Kier molecular flexibility index (Phi) is 8.46. The Labute approximate surface area is 109 Å². The number of aryl methyl sites for hydroxylation is 1. The molecular formula is C13H21ClN2O. The Hall–Kier alpha value is -1.06. The number of benzene rings is 1. The minimum absolute atomic E-state index is 0. The molecule has 0 unspecified atom stereocenters. The summed E-state index contributed by atoms with van der Waals surface area (Å²) >= 11 is 0. The van der Waals surface area contributed by atoms with Gasteiger partial charge < -0.3 is 10.6 Å². The van der Waals surface area contributed by atoms with E-state index in [1.54, 1.807) is 0 Å². The highest BCUT2D eigenvalue weighted by atomic mass is 35.5. The molecule has 1 amide bonds. The lowest BCUT2D eigenvalue weighted by Crippen LogP contribution is -2.28. The van der Waals surface area contributed by atoms with E-state index in [2.05, 4.69) is 29.7 Å². The molecule has 0 fully saturated rings. The van der Waals surface area contributed by atoms with Crippen molar-refractivity contribution in [2.75, 3.05) is 20.1 Å². The van der Waals surface area contributed by atoms with Crippen LogP contribution in [0.2, 0.25) is 0 Å². The van der Waals surface area contributed by atoms with E-state index in [1.165, 1.54) is 11.1 Å². The molecule has 0 aliphatic rings. The minimum Gasteiger partial charge on any atom is -0.356 e. The Morgan fingerprint density at radius 2 is 1.94 bits per heavy atom. The summed E-state index contributed by atoms with van der Waals surface area (Å²) in [5.41, 5.74) is 2.59. The van der Waals surface area contributed by atoms with E-state index < -0.39 is 0 Å². The van der Waals surface area contributed by atoms with Gasteiger partial charge in [-0.2, -0.15) is 0 Å². The van der Waals surface area contributed by atoms with Crippen molar-refractivity contribution in [2.45, 2.75) is 19.8 Å². The quantitative estimate of drug-likeness (QED) is 0.813. The van der Waals surface area contributed by atoms with Gasteiger partial charge in [-0.15, -0.1) is 12.4 Å². The van der Waals surface area contributed by atoms with Crippen molar-refractivity contribution in [2.24, 2.45) is 0 Å². The number of amides is 1. The van der Waals surface area contributed by atoms with Crippen molar-refractivity contribution in [1.82, 2.24) is 10.6 Å². The lowest BCUT2D eigenvalue weighted by molar-refractivity contribution is -0.120. The molecule has 4 heteroatoms. The zero-order valence-electron chi connectivity index (χ0n) is 10.5. The second-order valence-electron chi connectivity index (χ2n) is 3.88. The largest absolute Gasteiger partial charge is 0.356 e. The minimum atomic E-state index is 0. The summed E-state index contributed by atoms with van der Waals surface area (Å²) < 4.78 is 0. The van der Waals surface area contributed by atoms with E-state index in [9.17, 15) is 4.79 Å². The monoisotopic (exact) mass is 256 g/mol. The summed E-state index contributed by atoms with van der Waals surface area (Å²) in [4.78, 5) is 11.3. The molecule has 1 aromatic carbocycles. The molecule has 0 atom stereocenters. The van der Waals surface area contributed by atoms with Gasteiger partial charge >= 0.3 is 0 Å². The highest BCUT2D eigenvalue weighted by molar-refractivity contribution is 5.85. The Morgan fingerprint density at radius 1 is 1.24 bits per heavy atom. The van der Waals surface area contributed by atoms with Crippen molar-refractivity contribution in [3.05, 3.63) is 35.4 Å². The summed E-state index contributed by atoms with van der Waals surface area (Å²) in [5, 5.41) is 5.87. The van der Waals surface area contributed by atoms with Gasteiger partial charge in [-0.1, -0.05) is 24.3 Å². The molecule has 0 aliphatic heterocycles. The Bertz CT molecular complexity index is 342. The molecule has 96 valence electrons. The normalized spacial score (nSPS) is 9.53. The van der Waals surface area contributed by atoms with Crippen LogP contribution in [0.5, 0.6) is 0 Å². The highest BCUT2D eigenvalue weighted by Gasteiger charge is 2.00. The zero-order valence-corrected chi connectivity index (χ0v) is 11.3. The van der Waals surface area contributed by atoms with E-state index in [-0.39, 0.29) is 18.3 Å². The Balaban J connectivity index is 0.00000256. The standard InChI is InChI=1S/C13H20N2O.ClH/c1-11-5-3-4-6-12(11)7-10-15-13(16)8-9-14-2;/h3-6,14H,7-10H2,1-2H3,(H,15,16);1H. The first-order valence-corrected chi connectivity index (χ1v) is 5.70. The van der Waals surface area contributed by atoms with Gasteiger partial charge in [-0.3, -0.25) is 4.79 Å². The van der Waals surface area contributed by atoms with Crippen molar-refractivity contribution >= 4 is 18.3 Å². The molecule has 0 aliphatic carbocycles. The van der Waals surface area contributed by atoms with Crippen LogP contribution < -0.4 is 10.6 Å². The van der Waals surface area contributed by atoms with Gasteiger partial charge in [-0.25, -0.2) is 0 Å². The molecule has 0 saturated heterocycles. The maximum atomic E-state index is 11.3. The second-order valence-corrected chi connectivity index (χ2v) is 3.88. The lowest BCUT2D eigenvalue weighted by Gasteiger charge is -2.07. The van der Waals surface area contributed by atoms with E-state index in [1.807, 2.05) is 19.2 Å². The third kappa shape index (κ3) is 6.29. The fourth-order valence-corrected chi connectivity index (χ4v) is 1.55. The van der Waals surface area contributed by atoms with E-state index in [0.717, 1.165) is 13.0 Å². The summed E-state index contributed by atoms with van der Waals surface area (Å²) in [6, 6.07) is 8.27. The number of halogens is 1. The molecule has 2 N–H and O–H groups in total. The SMILES string of the molecule is CNCCC(=O)NCCc1ccccc1C.Cl. The second kappa shape index (κ2) is 9.02. The Morgan fingerprint density at radius 3 is 2.59 bits per heavy atom. The first-order valence-electron chi connectivity index (χ1n) is 5.70. The third-order valence-electron chi connectivity index (χ3n) is 2.58. The number of rotatable bonds is 6. The molecule has 0 spiro atoms. The third-order valence-corrected chi connectivity index (χ3v) is 2.58. The predicted octanol–water partition coefficient (Wildman–Crippen LogP) is 1.69. The van der Waals surface area contributed by atoms with Crippen molar-refractivity contribution in [3.63, 3.8) is 0 Å². The van der Waals surface area contributed by atoms with Crippen molar-refractivity contribution in [3.8, 4) is 0 Å². The van der Waals surface area contributed by atoms with Crippen LogP contribution in [0, 0.1) is 6.92 Å². The molecule has 17 heavy (non-hydrogen) atoms. The maximum absolute atomic E-state index is 11.3. The van der Waals surface area contributed by atoms with Crippen molar-refractivity contribution < 1.29 is 4.79 Å². The summed E-state index contributed by atoms with van der Waals surface area (Å²) in [6.45, 7) is 3.54. The van der Waals surface area contributed by atoms with Crippen LogP contribution >= 0.6 is 12.4 Å². The highest BCUT2D eigenvalue weighted by Crippen LogP contribution is 2.06. The van der Waals surface area contributed by atoms with E-state index in [0.29, 0.717) is 13.0 Å². The molecule has 3 nitrogen and oxygen atoms in total. The molecule has 0 saturated carbocycles. The topological polar surface area (TPSA) is 41.1 Å². The van der Waals surface area contributed by atoms with Crippen LogP contribution in [0.25, 0.3) is 0 Å². The molecule has 0 aromatic heterocycles. The lowest BCUT2D eigenvalue weighted by atomic mass is 10.1. The molecule has 0 heterocycles. The average Bonchev–Trinajstić information content (AvgIpc) is 2.29. The van der Waals surface area contributed by atoms with Gasteiger partial charge in [-0.05, 0) is 31.5 Å². The fraction of sp³-hybridized carbons (Fsp3) is 0.462. The van der Waals surface area contributed by atoms with Gasteiger partial charge in [0.05, 0.1) is 0 Å². The predicted molar refractivity (Wildman–Crippen MR) is 73.7 cm³/mol. The van der Waals surface area contributed by atoms with Gasteiger partial charge in [0.25, 0.3) is 0 Å². The summed E-state index contributed by atoms with van der Waals surface area (Å²) in [6.07, 6.45) is 1.45. The zero-order chi connectivity index (χ0) is 11.8. The number of carbonyl (C=O) groups is 1. The van der Waals surface area contributed by atoms with E-state index >= 15 is 0 Å². The van der Waals surface area contributed by atoms with Crippen LogP contribution in [0.3, 0.4) is 0 Å². The molecule has 1 aromatic rings.